The molecule has 1 aromatic carbocycles. The van der Waals surface area contributed by atoms with Crippen LogP contribution in [0.5, 0.6) is 0 Å². The molecule has 0 bridgehead atoms. The number of aromatic nitrogens is 2. The van der Waals surface area contributed by atoms with Gasteiger partial charge >= 0.3 is 0 Å². The molecule has 1 heterocycles. The molecule has 5 heteroatoms. The summed E-state index contributed by atoms with van der Waals surface area (Å²) in [7, 11) is 0. The van der Waals surface area contributed by atoms with Crippen LogP contribution in [-0.2, 0) is 4.79 Å². The molecule has 1 aliphatic carbocycles. The van der Waals surface area contributed by atoms with E-state index in [9.17, 15) is 4.79 Å². The summed E-state index contributed by atoms with van der Waals surface area (Å²) < 4.78 is 0. The zero-order valence-electron chi connectivity index (χ0n) is 12.1. The minimum Gasteiger partial charge on any atom is -0.352 e. The van der Waals surface area contributed by atoms with Gasteiger partial charge in [0.05, 0.1) is 10.8 Å². The van der Waals surface area contributed by atoms with Gasteiger partial charge in [0.2, 0.25) is 5.91 Å². The van der Waals surface area contributed by atoms with E-state index in [4.69, 9.17) is 0 Å². The number of amides is 1. The van der Waals surface area contributed by atoms with Crippen LogP contribution >= 0.6 is 11.8 Å². The summed E-state index contributed by atoms with van der Waals surface area (Å²) >= 11 is 1.50. The van der Waals surface area contributed by atoms with Crippen LogP contribution < -0.4 is 5.32 Å². The smallest absolute Gasteiger partial charge is 0.233 e. The van der Waals surface area contributed by atoms with Crippen LogP contribution in [0.15, 0.2) is 35.6 Å². The van der Waals surface area contributed by atoms with Gasteiger partial charge in [-0.05, 0) is 25.8 Å². The van der Waals surface area contributed by atoms with Crippen molar-refractivity contribution in [2.24, 2.45) is 0 Å². The molecule has 2 aromatic rings. The average molecular weight is 301 g/mol. The fraction of sp³-hybridized carbons (Fsp3) is 0.438. The Morgan fingerprint density at radius 1 is 1.29 bits per heavy atom. The number of carbonyl (C=O) groups is 1. The van der Waals surface area contributed by atoms with Gasteiger partial charge in [-0.3, -0.25) is 4.79 Å². The van der Waals surface area contributed by atoms with Crippen molar-refractivity contribution in [1.29, 1.82) is 0 Å². The Balaban J connectivity index is 1.70. The van der Waals surface area contributed by atoms with Crippen LogP contribution in [0.3, 0.4) is 0 Å². The Morgan fingerprint density at radius 3 is 2.86 bits per heavy atom. The first-order chi connectivity index (χ1) is 10.2. The molecular weight excluding hydrogens is 282 g/mol. The number of thioether (sulfide) groups is 1. The van der Waals surface area contributed by atoms with E-state index in [1.807, 2.05) is 31.2 Å². The molecule has 21 heavy (non-hydrogen) atoms. The first-order valence-electron chi connectivity index (χ1n) is 7.41. The molecule has 4 nitrogen and oxygen atoms in total. The van der Waals surface area contributed by atoms with Gasteiger partial charge in [-0.15, -0.1) is 0 Å². The molecule has 1 N–H and O–H groups in total. The summed E-state index contributed by atoms with van der Waals surface area (Å²) in [5, 5.41) is 4.87. The van der Waals surface area contributed by atoms with Crippen molar-refractivity contribution in [3.63, 3.8) is 0 Å². The van der Waals surface area contributed by atoms with Crippen LogP contribution in [0, 0.1) is 0 Å². The van der Waals surface area contributed by atoms with Crippen molar-refractivity contribution in [1.82, 2.24) is 15.3 Å². The highest BCUT2D eigenvalue weighted by atomic mass is 32.2. The zero-order chi connectivity index (χ0) is 14.7. The van der Waals surface area contributed by atoms with Gasteiger partial charge in [0.15, 0.2) is 0 Å². The lowest BCUT2D eigenvalue weighted by molar-refractivity contribution is -0.120. The molecule has 0 radical (unpaired) electrons. The van der Waals surface area contributed by atoms with Crippen LogP contribution in [0.1, 0.15) is 32.6 Å². The van der Waals surface area contributed by atoms with Gasteiger partial charge in [0, 0.05) is 11.4 Å². The van der Waals surface area contributed by atoms with Gasteiger partial charge in [0.1, 0.15) is 11.4 Å². The third-order valence-electron chi connectivity index (χ3n) is 3.87. The lowest BCUT2D eigenvalue weighted by atomic mass is 10.2. The maximum Gasteiger partial charge on any atom is 0.233 e. The Morgan fingerprint density at radius 2 is 2.05 bits per heavy atom. The number of benzene rings is 1. The minimum absolute atomic E-state index is 0.106. The van der Waals surface area contributed by atoms with Crippen molar-refractivity contribution in [3.8, 4) is 0 Å². The van der Waals surface area contributed by atoms with Crippen LogP contribution in [0.25, 0.3) is 10.9 Å². The number of hydrogen-bond donors (Lipinski definition) is 1. The second-order valence-corrected chi connectivity index (χ2v) is 6.78. The third-order valence-corrected chi connectivity index (χ3v) is 4.98. The Labute approximate surface area is 128 Å². The molecule has 1 saturated carbocycles. The second-order valence-electron chi connectivity index (χ2n) is 5.45. The Hall–Kier alpha value is -1.62. The molecule has 1 atom stereocenters. The molecule has 110 valence electrons. The number of carbonyl (C=O) groups excluding carboxylic acids is 1. The van der Waals surface area contributed by atoms with Crippen molar-refractivity contribution < 1.29 is 4.79 Å². The van der Waals surface area contributed by atoms with E-state index in [-0.39, 0.29) is 11.2 Å². The predicted molar refractivity (Wildman–Crippen MR) is 85.3 cm³/mol. The predicted octanol–water partition coefficient (Wildman–Crippen LogP) is 3.17. The van der Waals surface area contributed by atoms with E-state index in [0.29, 0.717) is 6.04 Å². The highest BCUT2D eigenvalue weighted by Crippen LogP contribution is 2.28. The maximum absolute atomic E-state index is 12.3. The number of hydrogen-bond acceptors (Lipinski definition) is 4. The van der Waals surface area contributed by atoms with Crippen LogP contribution in [0.4, 0.5) is 0 Å². The molecule has 1 amide bonds. The van der Waals surface area contributed by atoms with E-state index in [2.05, 4.69) is 15.3 Å². The van der Waals surface area contributed by atoms with Crippen LogP contribution in [0.2, 0.25) is 0 Å². The molecule has 0 spiro atoms. The molecular formula is C16H19N3OS. The van der Waals surface area contributed by atoms with Gasteiger partial charge < -0.3 is 5.32 Å². The van der Waals surface area contributed by atoms with E-state index in [0.717, 1.165) is 28.8 Å². The third kappa shape index (κ3) is 3.35. The molecule has 0 aliphatic heterocycles. The van der Waals surface area contributed by atoms with Crippen molar-refractivity contribution in [2.75, 3.05) is 0 Å². The lowest BCUT2D eigenvalue weighted by Gasteiger charge is -2.16. The fourth-order valence-electron chi connectivity index (χ4n) is 2.68. The summed E-state index contributed by atoms with van der Waals surface area (Å²) in [6.45, 7) is 1.94. The summed E-state index contributed by atoms with van der Waals surface area (Å²) in [5.41, 5.74) is 0.915. The average Bonchev–Trinajstić information content (AvgIpc) is 3.00. The largest absolute Gasteiger partial charge is 0.352 e. The van der Waals surface area contributed by atoms with Crippen molar-refractivity contribution >= 4 is 28.6 Å². The normalized spacial score (nSPS) is 17.0. The molecule has 0 saturated heterocycles. The summed E-state index contributed by atoms with van der Waals surface area (Å²) in [4.78, 5) is 20.8. The minimum atomic E-state index is -0.149. The lowest BCUT2D eigenvalue weighted by Crippen LogP contribution is -2.37. The standard InChI is InChI=1S/C16H19N3OS/c1-11(15(20)19-12-6-2-3-7-12)21-16-13-8-4-5-9-14(13)17-10-18-16/h4-5,8-12H,2-3,6-7H2,1H3,(H,19,20)/t11-/m1/s1. The van der Waals surface area contributed by atoms with Crippen molar-refractivity contribution in [2.45, 2.75) is 48.9 Å². The van der Waals surface area contributed by atoms with E-state index >= 15 is 0 Å². The number of nitrogens with one attached hydrogen (secondary N) is 1. The summed E-state index contributed by atoms with van der Waals surface area (Å²) in [5.74, 6) is 0.106. The zero-order valence-corrected chi connectivity index (χ0v) is 12.9. The van der Waals surface area contributed by atoms with Crippen LogP contribution in [-0.4, -0.2) is 27.2 Å². The molecule has 3 rings (SSSR count). The van der Waals surface area contributed by atoms with E-state index in [1.165, 1.54) is 24.6 Å². The van der Waals surface area contributed by atoms with Gasteiger partial charge in [-0.1, -0.05) is 42.8 Å². The number of fused-ring (bicyclic) bond motifs is 1. The number of rotatable bonds is 4. The van der Waals surface area contributed by atoms with E-state index in [1.54, 1.807) is 6.33 Å². The number of para-hydroxylation sites is 1. The molecule has 1 aliphatic rings. The Kier molecular flexibility index (Phi) is 4.39. The van der Waals surface area contributed by atoms with Gasteiger partial charge in [-0.25, -0.2) is 9.97 Å². The highest BCUT2D eigenvalue weighted by molar-refractivity contribution is 8.00. The SMILES string of the molecule is C[C@@H](Sc1ncnc2ccccc12)C(=O)NC1CCCC1. The van der Waals surface area contributed by atoms with Gasteiger partial charge in [0.25, 0.3) is 0 Å². The topological polar surface area (TPSA) is 54.9 Å². The maximum atomic E-state index is 12.3. The quantitative estimate of drug-likeness (QED) is 0.696. The first kappa shape index (κ1) is 14.3. The highest BCUT2D eigenvalue weighted by Gasteiger charge is 2.22. The summed E-state index contributed by atoms with van der Waals surface area (Å²) in [6.07, 6.45) is 6.23. The first-order valence-corrected chi connectivity index (χ1v) is 8.29. The van der Waals surface area contributed by atoms with Gasteiger partial charge in [-0.2, -0.15) is 0 Å². The Bertz CT molecular complexity index is 635. The second kappa shape index (κ2) is 6.43. The fourth-order valence-corrected chi connectivity index (χ4v) is 3.60. The molecule has 0 unspecified atom stereocenters. The monoisotopic (exact) mass is 301 g/mol. The molecule has 1 fully saturated rings. The number of nitrogens with zero attached hydrogens (tertiary/aromatic N) is 2. The van der Waals surface area contributed by atoms with E-state index < -0.39 is 0 Å². The van der Waals surface area contributed by atoms with Crippen molar-refractivity contribution in [3.05, 3.63) is 30.6 Å². The summed E-state index contributed by atoms with van der Waals surface area (Å²) in [6, 6.07) is 8.26. The molecule has 1 aromatic heterocycles.